The molecule has 3 atom stereocenters. The molecule has 2 heterocycles. The Labute approximate surface area is 196 Å². The second-order valence-corrected chi connectivity index (χ2v) is 7.69. The van der Waals surface area contributed by atoms with Gasteiger partial charge in [0.05, 0.1) is 12.3 Å². The summed E-state index contributed by atoms with van der Waals surface area (Å²) in [6.07, 6.45) is -0.0145. The molecule has 3 unspecified atom stereocenters. The van der Waals surface area contributed by atoms with Crippen molar-refractivity contribution < 1.29 is 18.4 Å². The largest absolute Gasteiger partial charge is 0.390 e. The molecule has 1 aromatic rings. The Morgan fingerprint density at radius 3 is 2.39 bits per heavy atom. The molecule has 3 rings (SSSR count). The number of hydrogen-bond donors (Lipinski definition) is 3. The van der Waals surface area contributed by atoms with Crippen LogP contribution in [0.5, 0.6) is 0 Å². The molecule has 2 aliphatic heterocycles. The number of guanidine groups is 1. The van der Waals surface area contributed by atoms with E-state index in [9.17, 15) is 4.79 Å². The average molecular weight is 551 g/mol. The summed E-state index contributed by atoms with van der Waals surface area (Å²) in [4.78, 5) is 19.8. The lowest BCUT2D eigenvalue weighted by atomic mass is 10.0. The number of carbonyl (C=O) groups excluding carboxylic acids is 1. The summed E-state index contributed by atoms with van der Waals surface area (Å²) >= 11 is 0. The normalized spacial score (nSPS) is 23.7. The van der Waals surface area contributed by atoms with Crippen LogP contribution >= 0.6 is 24.0 Å². The molecule has 172 valence electrons. The maximum absolute atomic E-state index is 15.1. The second kappa shape index (κ2) is 10.3. The molecule has 0 spiro atoms. The first kappa shape index (κ1) is 24.9. The van der Waals surface area contributed by atoms with Gasteiger partial charge in [0.1, 0.15) is 23.4 Å². The molecule has 2 aliphatic rings. The van der Waals surface area contributed by atoms with Gasteiger partial charge in [0.15, 0.2) is 0 Å². The molecule has 5 N–H and O–H groups in total. The first-order valence-corrected chi connectivity index (χ1v) is 9.74. The van der Waals surface area contributed by atoms with Crippen molar-refractivity contribution >= 4 is 47.2 Å². The summed E-state index contributed by atoms with van der Waals surface area (Å²) in [6.45, 7) is 6.27. The predicted molar refractivity (Wildman–Crippen MR) is 125 cm³/mol. The molecule has 0 radical (unpaired) electrons. The number of halogens is 3. The van der Waals surface area contributed by atoms with Gasteiger partial charge in [-0.2, -0.15) is 0 Å². The Bertz CT molecular complexity index is 848. The van der Waals surface area contributed by atoms with E-state index in [1.807, 2.05) is 13.8 Å². The Balaban J connectivity index is 0.00000341. The lowest BCUT2D eigenvalue weighted by Gasteiger charge is -2.46. The summed E-state index contributed by atoms with van der Waals surface area (Å²) in [7, 11) is 0. The first-order chi connectivity index (χ1) is 14.2. The van der Waals surface area contributed by atoms with E-state index in [1.165, 1.54) is 19.1 Å². The van der Waals surface area contributed by atoms with Crippen molar-refractivity contribution in [3.63, 3.8) is 0 Å². The summed E-state index contributed by atoms with van der Waals surface area (Å²) < 4.78 is 30.1. The lowest BCUT2D eigenvalue weighted by molar-refractivity contribution is -0.119. The number of nitrogens with two attached hydrogens (primary N) is 2. The van der Waals surface area contributed by atoms with Gasteiger partial charge in [-0.3, -0.25) is 4.79 Å². The fourth-order valence-electron chi connectivity index (χ4n) is 3.98. The minimum atomic E-state index is -0.675. The summed E-state index contributed by atoms with van der Waals surface area (Å²) in [6, 6.07) is 2.09. The van der Waals surface area contributed by atoms with Gasteiger partial charge >= 0.3 is 0 Å². The lowest BCUT2D eigenvalue weighted by Crippen LogP contribution is -2.60. The number of nitrogens with one attached hydrogen (secondary N) is 1. The van der Waals surface area contributed by atoms with E-state index in [0.717, 1.165) is 0 Å². The van der Waals surface area contributed by atoms with Crippen LogP contribution in [0, 0.1) is 11.6 Å². The van der Waals surface area contributed by atoms with E-state index in [-0.39, 0.29) is 66.3 Å². The number of carbonyl (C=O) groups is 1. The fraction of sp³-hybridized carbons (Fsp3) is 0.526. The third-order valence-electron chi connectivity index (χ3n) is 5.30. The zero-order chi connectivity index (χ0) is 22.0. The van der Waals surface area contributed by atoms with Gasteiger partial charge < -0.3 is 31.5 Å². The van der Waals surface area contributed by atoms with Crippen LogP contribution in [-0.4, -0.2) is 60.3 Å². The molecule has 0 aliphatic carbocycles. The molecule has 12 heteroatoms. The van der Waals surface area contributed by atoms with Gasteiger partial charge in [-0.25, -0.2) is 8.78 Å². The number of benzene rings is 1. The highest BCUT2D eigenvalue weighted by Gasteiger charge is 2.34. The van der Waals surface area contributed by atoms with Gasteiger partial charge in [0.2, 0.25) is 11.9 Å². The Hall–Kier alpha value is -2.38. The van der Waals surface area contributed by atoms with Crippen LogP contribution in [0.15, 0.2) is 22.4 Å². The number of piperazine rings is 1. The van der Waals surface area contributed by atoms with Gasteiger partial charge in [-0.1, -0.05) is 5.16 Å². The minimum absolute atomic E-state index is 0. The van der Waals surface area contributed by atoms with E-state index in [1.54, 1.807) is 9.80 Å². The topological polar surface area (TPSA) is 122 Å². The number of anilines is 1. The highest BCUT2D eigenvalue weighted by Crippen LogP contribution is 2.32. The molecule has 31 heavy (non-hydrogen) atoms. The predicted octanol–water partition coefficient (Wildman–Crippen LogP) is 1.30. The SMILES string of the molecule is CC(=O)NCC1CC(c2cc(F)c(N3C(C)CN(/C(N)=N/N)CC3C)c(F)c2)=NO1.I. The Morgan fingerprint density at radius 2 is 1.87 bits per heavy atom. The van der Waals surface area contributed by atoms with Crippen molar-refractivity contribution in [2.24, 2.45) is 21.8 Å². The van der Waals surface area contributed by atoms with Crippen molar-refractivity contribution in [2.75, 3.05) is 24.5 Å². The van der Waals surface area contributed by atoms with Crippen molar-refractivity contribution in [3.05, 3.63) is 29.3 Å². The van der Waals surface area contributed by atoms with E-state index in [4.69, 9.17) is 16.4 Å². The molecule has 1 saturated heterocycles. The van der Waals surface area contributed by atoms with Gasteiger partial charge in [-0.05, 0) is 26.0 Å². The number of oxime groups is 1. The third kappa shape index (κ3) is 5.46. The molecule has 1 fully saturated rings. The van der Waals surface area contributed by atoms with Crippen molar-refractivity contribution in [3.8, 4) is 0 Å². The van der Waals surface area contributed by atoms with E-state index in [0.29, 0.717) is 30.8 Å². The minimum Gasteiger partial charge on any atom is -0.390 e. The number of hydrogen-bond acceptors (Lipinski definition) is 6. The molecular weight excluding hydrogens is 523 g/mol. The standard InChI is InChI=1S/C19H27F2N7O2.HI/c1-10-8-27(19(22)25-23)9-11(2)28(10)18-15(20)4-13(5-16(18)21)17-6-14(30-26-17)7-24-12(3)29;/h4-5,10-11,14H,6-9,23H2,1-3H3,(H2,22,25)(H,24,29);1H. The Morgan fingerprint density at radius 1 is 1.29 bits per heavy atom. The molecule has 1 aromatic carbocycles. The van der Waals surface area contributed by atoms with Crippen LogP contribution < -0.4 is 21.8 Å². The van der Waals surface area contributed by atoms with Crippen LogP contribution in [0.2, 0.25) is 0 Å². The molecule has 0 bridgehead atoms. The van der Waals surface area contributed by atoms with Crippen LogP contribution in [-0.2, 0) is 9.63 Å². The number of amides is 1. The van der Waals surface area contributed by atoms with Gasteiger partial charge in [-0.15, -0.1) is 29.1 Å². The fourth-order valence-corrected chi connectivity index (χ4v) is 3.98. The van der Waals surface area contributed by atoms with Crippen LogP contribution in [0.4, 0.5) is 14.5 Å². The zero-order valence-electron chi connectivity index (χ0n) is 17.6. The highest BCUT2D eigenvalue weighted by molar-refractivity contribution is 14.0. The summed E-state index contributed by atoms with van der Waals surface area (Å²) in [5, 5.41) is 10.1. The number of rotatable bonds is 4. The molecule has 1 amide bonds. The van der Waals surface area contributed by atoms with Crippen molar-refractivity contribution in [1.82, 2.24) is 10.2 Å². The maximum Gasteiger partial charge on any atom is 0.217 e. The number of nitrogens with zero attached hydrogens (tertiary/aromatic N) is 4. The van der Waals surface area contributed by atoms with Crippen LogP contribution in [0.25, 0.3) is 0 Å². The monoisotopic (exact) mass is 551 g/mol. The van der Waals surface area contributed by atoms with Gasteiger partial charge in [0, 0.05) is 44.1 Å². The molecule has 9 nitrogen and oxygen atoms in total. The number of hydrazone groups is 1. The highest BCUT2D eigenvalue weighted by atomic mass is 127. The van der Waals surface area contributed by atoms with Gasteiger partial charge in [0.25, 0.3) is 0 Å². The molecular formula is C19H28F2IN7O2. The summed E-state index contributed by atoms with van der Waals surface area (Å²) in [5.41, 5.74) is 6.46. The van der Waals surface area contributed by atoms with Crippen molar-refractivity contribution in [2.45, 2.75) is 45.4 Å². The second-order valence-electron chi connectivity index (χ2n) is 7.69. The summed E-state index contributed by atoms with van der Waals surface area (Å²) in [5.74, 6) is 3.91. The molecule has 0 saturated carbocycles. The van der Waals surface area contributed by atoms with Crippen molar-refractivity contribution in [1.29, 1.82) is 0 Å². The quantitative estimate of drug-likeness (QED) is 0.171. The maximum atomic E-state index is 15.1. The average Bonchev–Trinajstić information content (AvgIpc) is 3.16. The van der Waals surface area contributed by atoms with E-state index in [2.05, 4.69) is 15.6 Å². The van der Waals surface area contributed by atoms with Crippen LogP contribution in [0.1, 0.15) is 32.8 Å². The smallest absolute Gasteiger partial charge is 0.217 e. The molecule has 0 aromatic heterocycles. The zero-order valence-corrected chi connectivity index (χ0v) is 20.0. The van der Waals surface area contributed by atoms with E-state index < -0.39 is 11.6 Å². The Kier molecular flexibility index (Phi) is 8.26. The third-order valence-corrected chi connectivity index (χ3v) is 5.30. The van der Waals surface area contributed by atoms with Crippen LogP contribution in [0.3, 0.4) is 0 Å². The first-order valence-electron chi connectivity index (χ1n) is 9.74. The van der Waals surface area contributed by atoms with E-state index >= 15 is 8.78 Å².